The number of pyridine rings is 1. The molecule has 0 radical (unpaired) electrons. The summed E-state index contributed by atoms with van der Waals surface area (Å²) in [5.74, 6) is -2.84. The van der Waals surface area contributed by atoms with Crippen molar-refractivity contribution in [1.82, 2.24) is 24.7 Å². The van der Waals surface area contributed by atoms with Gasteiger partial charge in [-0.3, -0.25) is 24.2 Å². The molecule has 3 aliphatic rings. The van der Waals surface area contributed by atoms with E-state index in [1.807, 2.05) is 0 Å². The van der Waals surface area contributed by atoms with Crippen LogP contribution < -0.4 is 19.7 Å². The number of amides is 2. The van der Waals surface area contributed by atoms with Crippen molar-refractivity contribution in [2.45, 2.75) is 32.1 Å². The molecule has 0 bridgehead atoms. The Labute approximate surface area is 254 Å². The monoisotopic (exact) mass is 647 g/mol. The summed E-state index contributed by atoms with van der Waals surface area (Å²) in [6.07, 6.45) is -0.254. The Balaban J connectivity index is 1.13. The second-order valence-electron chi connectivity index (χ2n) is 10.7. The highest BCUT2D eigenvalue weighted by Gasteiger charge is 2.55. The Morgan fingerprint density at radius 3 is 2.64 bits per heavy atom. The Morgan fingerprint density at radius 1 is 1.13 bits per heavy atom. The average Bonchev–Trinajstić information content (AvgIpc) is 3.29. The highest BCUT2D eigenvalue weighted by Crippen LogP contribution is 2.54. The second-order valence-corrected chi connectivity index (χ2v) is 11.1. The van der Waals surface area contributed by atoms with E-state index in [0.29, 0.717) is 6.54 Å². The molecular weight excluding hydrogens is 629 g/mol. The van der Waals surface area contributed by atoms with E-state index in [-0.39, 0.29) is 57.7 Å². The molecule has 1 saturated heterocycles. The number of ether oxygens (including phenoxy) is 2. The standard InChI is InChI=1S/C28H19ClF5N7O4/c1-11(16-6-36-25(23-22(16)44-28(33,34)45-23)40-9-12-4-15(12)27(40)43)41-10-13(5-37-41)38-26(42)19-8-35-7-18(39-19)20-14(24(31)32)2-3-17(29)21(20)30/h2-3,5-8,10-12,15,24H,4,9H2,1H3,(H,38,42)/t11-,12+,15+/m0/s1. The van der Waals surface area contributed by atoms with Gasteiger partial charge < -0.3 is 14.8 Å². The van der Waals surface area contributed by atoms with E-state index in [0.717, 1.165) is 30.9 Å². The smallest absolute Gasteiger partial charge is 0.395 e. The highest BCUT2D eigenvalue weighted by molar-refractivity contribution is 6.31. The van der Waals surface area contributed by atoms with E-state index in [4.69, 9.17) is 21.1 Å². The maximum atomic E-state index is 14.7. The van der Waals surface area contributed by atoms with Crippen molar-refractivity contribution in [3.05, 3.63) is 70.8 Å². The van der Waals surface area contributed by atoms with Crippen LogP contribution in [0.15, 0.2) is 43.1 Å². The van der Waals surface area contributed by atoms with Gasteiger partial charge in [0.1, 0.15) is 5.69 Å². The normalized spacial score (nSPS) is 20.0. The predicted octanol–water partition coefficient (Wildman–Crippen LogP) is 5.63. The van der Waals surface area contributed by atoms with Gasteiger partial charge in [-0.1, -0.05) is 17.7 Å². The number of alkyl halides is 4. The number of carbonyl (C=O) groups is 2. The summed E-state index contributed by atoms with van der Waals surface area (Å²) in [6, 6.07) is 1.18. The number of nitrogens with one attached hydrogen (secondary N) is 1. The molecule has 1 saturated carbocycles. The molecule has 11 nitrogen and oxygen atoms in total. The highest BCUT2D eigenvalue weighted by atomic mass is 35.5. The Morgan fingerprint density at radius 2 is 1.91 bits per heavy atom. The van der Waals surface area contributed by atoms with Gasteiger partial charge in [0.15, 0.2) is 17.4 Å². The molecule has 2 aliphatic heterocycles. The molecule has 1 N–H and O–H groups in total. The predicted molar refractivity (Wildman–Crippen MR) is 146 cm³/mol. The molecule has 3 aromatic heterocycles. The lowest BCUT2D eigenvalue weighted by atomic mass is 10.0. The van der Waals surface area contributed by atoms with Gasteiger partial charge in [-0.15, -0.1) is 8.78 Å². The van der Waals surface area contributed by atoms with E-state index in [9.17, 15) is 31.5 Å². The van der Waals surface area contributed by atoms with Gasteiger partial charge in [0.2, 0.25) is 11.7 Å². The molecule has 7 rings (SSSR count). The SMILES string of the molecule is C[C@@H](c1cnc(N2C[C@H]3C[C@H]3C2=O)c2c1OC(F)(F)O2)n1cc(NC(=O)c2cncc(-c3c(C(F)F)ccc(Cl)c3F)n2)cn1. The molecule has 17 heteroatoms. The molecule has 5 heterocycles. The Hall–Kier alpha value is -4.86. The van der Waals surface area contributed by atoms with E-state index < -0.39 is 46.6 Å². The maximum Gasteiger partial charge on any atom is 0.586 e. The molecular formula is C28H19ClF5N7O4. The van der Waals surface area contributed by atoms with Gasteiger partial charge in [-0.05, 0) is 25.3 Å². The number of carbonyl (C=O) groups excluding carboxylic acids is 2. The van der Waals surface area contributed by atoms with Crippen LogP contribution in [-0.4, -0.2) is 49.4 Å². The summed E-state index contributed by atoms with van der Waals surface area (Å²) >= 11 is 5.79. The van der Waals surface area contributed by atoms with Crippen molar-refractivity contribution in [2.75, 3.05) is 16.8 Å². The topological polar surface area (TPSA) is 124 Å². The van der Waals surface area contributed by atoms with Crippen LogP contribution in [0.5, 0.6) is 11.5 Å². The molecule has 232 valence electrons. The van der Waals surface area contributed by atoms with Crippen LogP contribution in [0.3, 0.4) is 0 Å². The fourth-order valence-corrected chi connectivity index (χ4v) is 5.61. The van der Waals surface area contributed by atoms with Crippen molar-refractivity contribution >= 4 is 34.9 Å². The number of halogens is 6. The third kappa shape index (κ3) is 4.98. The Bertz CT molecular complexity index is 1890. The van der Waals surface area contributed by atoms with Crippen molar-refractivity contribution in [3.63, 3.8) is 0 Å². The lowest BCUT2D eigenvalue weighted by Crippen LogP contribution is -2.30. The fourth-order valence-electron chi connectivity index (χ4n) is 5.45. The van der Waals surface area contributed by atoms with Crippen LogP contribution in [0.1, 0.15) is 47.4 Å². The summed E-state index contributed by atoms with van der Waals surface area (Å²) in [7, 11) is 0. The van der Waals surface area contributed by atoms with Gasteiger partial charge in [-0.2, -0.15) is 5.10 Å². The van der Waals surface area contributed by atoms with Crippen molar-refractivity contribution in [3.8, 4) is 22.8 Å². The lowest BCUT2D eigenvalue weighted by Gasteiger charge is -2.20. The zero-order valence-corrected chi connectivity index (χ0v) is 23.6. The number of piperidine rings is 1. The van der Waals surface area contributed by atoms with Crippen molar-refractivity contribution in [1.29, 1.82) is 0 Å². The minimum absolute atomic E-state index is 0.0505. The zero-order valence-electron chi connectivity index (χ0n) is 22.8. The maximum absolute atomic E-state index is 14.7. The largest absolute Gasteiger partial charge is 0.586 e. The molecule has 3 atom stereocenters. The van der Waals surface area contributed by atoms with E-state index >= 15 is 0 Å². The van der Waals surface area contributed by atoms with Crippen LogP contribution in [0, 0.1) is 17.7 Å². The van der Waals surface area contributed by atoms with Crippen LogP contribution in [-0.2, 0) is 4.79 Å². The van der Waals surface area contributed by atoms with Gasteiger partial charge in [0.25, 0.3) is 12.3 Å². The average molecular weight is 648 g/mol. The summed E-state index contributed by atoms with van der Waals surface area (Å²) in [5, 5.41) is 6.30. The number of nitrogens with zero attached hydrogens (tertiary/aromatic N) is 6. The molecule has 0 spiro atoms. The number of fused-ring (bicyclic) bond motifs is 2. The van der Waals surface area contributed by atoms with Crippen LogP contribution in [0.4, 0.5) is 33.5 Å². The summed E-state index contributed by atoms with van der Waals surface area (Å²) < 4.78 is 81.3. The first kappa shape index (κ1) is 28.9. The van der Waals surface area contributed by atoms with E-state index in [1.54, 1.807) is 6.92 Å². The van der Waals surface area contributed by atoms with E-state index in [2.05, 4.69) is 25.4 Å². The zero-order chi connectivity index (χ0) is 31.8. The summed E-state index contributed by atoms with van der Waals surface area (Å²) in [6.45, 7) is 1.96. The third-order valence-corrected chi connectivity index (χ3v) is 8.10. The molecule has 2 amide bonds. The van der Waals surface area contributed by atoms with E-state index in [1.165, 1.54) is 28.2 Å². The van der Waals surface area contributed by atoms with Crippen LogP contribution >= 0.6 is 11.6 Å². The number of hydrogen-bond donors (Lipinski definition) is 1. The van der Waals surface area contributed by atoms with Crippen LogP contribution in [0.25, 0.3) is 11.3 Å². The number of aromatic nitrogens is 5. The molecule has 0 unspecified atom stereocenters. The number of benzene rings is 1. The summed E-state index contributed by atoms with van der Waals surface area (Å²) in [5.41, 5.74) is -1.61. The Kier molecular flexibility index (Phi) is 6.65. The van der Waals surface area contributed by atoms with Gasteiger partial charge in [0.05, 0.1) is 41.0 Å². The minimum atomic E-state index is -3.98. The second kappa shape index (κ2) is 10.4. The molecule has 4 aromatic rings. The third-order valence-electron chi connectivity index (χ3n) is 7.81. The number of anilines is 2. The molecule has 2 fully saturated rings. The first-order valence-corrected chi connectivity index (χ1v) is 13.8. The lowest BCUT2D eigenvalue weighted by molar-refractivity contribution is -0.286. The molecule has 1 aliphatic carbocycles. The first-order chi connectivity index (χ1) is 21.4. The summed E-state index contributed by atoms with van der Waals surface area (Å²) in [4.78, 5) is 39.0. The van der Waals surface area contributed by atoms with Gasteiger partial charge >= 0.3 is 6.29 Å². The van der Waals surface area contributed by atoms with Crippen molar-refractivity contribution < 1.29 is 41.0 Å². The van der Waals surface area contributed by atoms with Crippen molar-refractivity contribution in [2.24, 2.45) is 11.8 Å². The number of rotatable bonds is 7. The molecule has 1 aromatic carbocycles. The quantitative estimate of drug-likeness (QED) is 0.256. The van der Waals surface area contributed by atoms with Gasteiger partial charge in [-0.25, -0.2) is 23.1 Å². The minimum Gasteiger partial charge on any atom is -0.395 e. The molecule has 45 heavy (non-hydrogen) atoms. The van der Waals surface area contributed by atoms with Crippen LogP contribution in [0.2, 0.25) is 5.02 Å². The van der Waals surface area contributed by atoms with Gasteiger partial charge in [0, 0.05) is 41.5 Å². The number of hydrogen-bond acceptors (Lipinski definition) is 8. The fraction of sp³-hybridized carbons (Fsp3) is 0.286. The first-order valence-electron chi connectivity index (χ1n) is 13.5.